The van der Waals surface area contributed by atoms with Crippen LogP contribution in [-0.2, 0) is 14.9 Å². The van der Waals surface area contributed by atoms with E-state index in [1.54, 1.807) is 7.11 Å². The summed E-state index contributed by atoms with van der Waals surface area (Å²) in [7, 11) is -1.89. The predicted molar refractivity (Wildman–Crippen MR) is 74.0 cm³/mol. The van der Waals surface area contributed by atoms with Crippen molar-refractivity contribution in [3.8, 4) is 0 Å². The minimum Gasteiger partial charge on any atom is -0.396 e. The number of piperidine rings is 1. The monoisotopic (exact) mass is 294 g/mol. The van der Waals surface area contributed by atoms with Crippen molar-refractivity contribution in [2.24, 2.45) is 5.92 Å². The van der Waals surface area contributed by atoms with Crippen molar-refractivity contribution in [2.45, 2.75) is 32.7 Å². The zero-order chi connectivity index (χ0) is 14.5. The molecule has 0 amide bonds. The number of methoxy groups -OCH3 is 1. The average Bonchev–Trinajstić information content (AvgIpc) is 2.39. The molecule has 1 fully saturated rings. The molecule has 0 saturated carbocycles. The lowest BCUT2D eigenvalue weighted by Gasteiger charge is -2.36. The highest BCUT2D eigenvalue weighted by Crippen LogP contribution is 2.22. The summed E-state index contributed by atoms with van der Waals surface area (Å²) in [6, 6.07) is -0.186. The molecule has 1 heterocycles. The summed E-state index contributed by atoms with van der Waals surface area (Å²) in [5.74, 6) is 0.0555. The molecular formula is C12H26N2O4S. The van der Waals surface area contributed by atoms with Gasteiger partial charge in [0.05, 0.1) is 6.61 Å². The average molecular weight is 294 g/mol. The van der Waals surface area contributed by atoms with Gasteiger partial charge in [-0.25, -0.2) is 0 Å². The van der Waals surface area contributed by atoms with Crippen molar-refractivity contribution in [2.75, 3.05) is 40.0 Å². The fraction of sp³-hybridized carbons (Fsp3) is 1.00. The SMILES string of the molecule is CCN(C(C)COC)S(=O)(=O)N1CCCC(CO)C1. The Morgan fingerprint density at radius 2 is 2.21 bits per heavy atom. The van der Waals surface area contributed by atoms with E-state index in [9.17, 15) is 13.5 Å². The van der Waals surface area contributed by atoms with E-state index in [1.807, 2.05) is 13.8 Å². The maximum absolute atomic E-state index is 12.6. The Labute approximate surface area is 116 Å². The molecule has 114 valence electrons. The zero-order valence-corrected chi connectivity index (χ0v) is 12.9. The van der Waals surface area contributed by atoms with E-state index < -0.39 is 10.2 Å². The quantitative estimate of drug-likeness (QED) is 0.733. The topological polar surface area (TPSA) is 70.1 Å². The van der Waals surface area contributed by atoms with Gasteiger partial charge in [0.25, 0.3) is 10.2 Å². The summed E-state index contributed by atoms with van der Waals surface area (Å²) in [5, 5.41) is 9.21. The number of aliphatic hydroxyl groups excluding tert-OH is 1. The first kappa shape index (κ1) is 16.8. The molecule has 7 heteroatoms. The van der Waals surface area contributed by atoms with E-state index in [0.29, 0.717) is 26.2 Å². The highest BCUT2D eigenvalue weighted by Gasteiger charge is 2.34. The van der Waals surface area contributed by atoms with Crippen LogP contribution in [0.15, 0.2) is 0 Å². The Bertz CT molecular complexity index is 361. The highest BCUT2D eigenvalue weighted by atomic mass is 32.2. The summed E-state index contributed by atoms with van der Waals surface area (Å²) in [4.78, 5) is 0. The third kappa shape index (κ3) is 4.13. The first-order valence-corrected chi connectivity index (χ1v) is 8.23. The predicted octanol–water partition coefficient (Wildman–Crippen LogP) is 0.292. The van der Waals surface area contributed by atoms with E-state index in [0.717, 1.165) is 12.8 Å². The van der Waals surface area contributed by atoms with Gasteiger partial charge in [-0.05, 0) is 25.7 Å². The van der Waals surface area contributed by atoms with Crippen LogP contribution in [0.1, 0.15) is 26.7 Å². The highest BCUT2D eigenvalue weighted by molar-refractivity contribution is 7.86. The number of hydrogen-bond acceptors (Lipinski definition) is 4. The fourth-order valence-corrected chi connectivity index (χ4v) is 4.46. The summed E-state index contributed by atoms with van der Waals surface area (Å²) < 4.78 is 33.2. The summed E-state index contributed by atoms with van der Waals surface area (Å²) in [5.41, 5.74) is 0. The van der Waals surface area contributed by atoms with Crippen LogP contribution in [-0.4, -0.2) is 68.1 Å². The van der Waals surface area contributed by atoms with Crippen LogP contribution >= 0.6 is 0 Å². The molecule has 0 aromatic heterocycles. The first-order chi connectivity index (χ1) is 8.97. The van der Waals surface area contributed by atoms with Gasteiger partial charge in [0.15, 0.2) is 0 Å². The maximum Gasteiger partial charge on any atom is 0.282 e. The largest absolute Gasteiger partial charge is 0.396 e. The van der Waals surface area contributed by atoms with Crippen molar-refractivity contribution < 1.29 is 18.3 Å². The molecule has 2 unspecified atom stereocenters. The normalized spacial score (nSPS) is 23.7. The van der Waals surface area contributed by atoms with Crippen molar-refractivity contribution in [1.29, 1.82) is 0 Å². The van der Waals surface area contributed by atoms with Gasteiger partial charge >= 0.3 is 0 Å². The number of ether oxygens (including phenoxy) is 1. The van der Waals surface area contributed by atoms with Crippen molar-refractivity contribution in [1.82, 2.24) is 8.61 Å². The Kier molecular flexibility index (Phi) is 6.68. The Hall–Kier alpha value is -0.210. The smallest absolute Gasteiger partial charge is 0.282 e. The van der Waals surface area contributed by atoms with Crippen LogP contribution in [0.25, 0.3) is 0 Å². The number of hydrogen-bond donors (Lipinski definition) is 1. The summed E-state index contributed by atoms with van der Waals surface area (Å²) in [6.07, 6.45) is 1.70. The lowest BCUT2D eigenvalue weighted by molar-refractivity contribution is 0.130. The standard InChI is InChI=1S/C12H26N2O4S/c1-4-14(11(2)10-18-3)19(16,17)13-7-5-6-12(8-13)9-15/h11-12,15H,4-10H2,1-3H3. The molecule has 0 spiro atoms. The van der Waals surface area contributed by atoms with Crippen LogP contribution in [0.5, 0.6) is 0 Å². The Morgan fingerprint density at radius 1 is 1.53 bits per heavy atom. The second-order valence-corrected chi connectivity index (χ2v) is 6.95. The molecule has 1 rings (SSSR count). The Morgan fingerprint density at radius 3 is 2.74 bits per heavy atom. The first-order valence-electron chi connectivity index (χ1n) is 6.84. The van der Waals surface area contributed by atoms with E-state index in [4.69, 9.17) is 4.74 Å². The van der Waals surface area contributed by atoms with E-state index in [1.165, 1.54) is 8.61 Å². The zero-order valence-electron chi connectivity index (χ0n) is 12.1. The fourth-order valence-electron chi connectivity index (χ4n) is 2.56. The molecule has 0 aliphatic carbocycles. The molecule has 0 aromatic rings. The van der Waals surface area contributed by atoms with Gasteiger partial charge in [-0.1, -0.05) is 6.92 Å². The third-order valence-electron chi connectivity index (χ3n) is 3.57. The number of nitrogens with zero attached hydrogens (tertiary/aromatic N) is 2. The van der Waals surface area contributed by atoms with Crippen molar-refractivity contribution >= 4 is 10.2 Å². The lowest BCUT2D eigenvalue weighted by Crippen LogP contribution is -2.52. The van der Waals surface area contributed by atoms with Gasteiger partial charge in [0, 0.05) is 39.4 Å². The van der Waals surface area contributed by atoms with Crippen LogP contribution in [0.2, 0.25) is 0 Å². The Balaban J connectivity index is 2.82. The number of likely N-dealkylation sites (N-methyl/N-ethyl adjacent to an activating group) is 1. The second kappa shape index (κ2) is 7.54. The van der Waals surface area contributed by atoms with E-state index in [-0.39, 0.29) is 18.6 Å². The van der Waals surface area contributed by atoms with Crippen LogP contribution < -0.4 is 0 Å². The molecule has 0 radical (unpaired) electrons. The molecule has 1 N–H and O–H groups in total. The molecule has 0 aromatic carbocycles. The molecular weight excluding hydrogens is 268 g/mol. The summed E-state index contributed by atoms with van der Waals surface area (Å²) in [6.45, 7) is 5.47. The maximum atomic E-state index is 12.6. The van der Waals surface area contributed by atoms with Gasteiger partial charge in [-0.15, -0.1) is 0 Å². The second-order valence-electron chi connectivity index (χ2n) is 5.06. The van der Waals surface area contributed by atoms with E-state index >= 15 is 0 Å². The van der Waals surface area contributed by atoms with Gasteiger partial charge < -0.3 is 9.84 Å². The number of rotatable bonds is 7. The lowest BCUT2D eigenvalue weighted by atomic mass is 10.0. The minimum absolute atomic E-state index is 0.0474. The van der Waals surface area contributed by atoms with Gasteiger partial charge in [-0.3, -0.25) is 0 Å². The van der Waals surface area contributed by atoms with Gasteiger partial charge in [0.1, 0.15) is 0 Å². The molecule has 6 nitrogen and oxygen atoms in total. The van der Waals surface area contributed by atoms with Crippen molar-refractivity contribution in [3.63, 3.8) is 0 Å². The molecule has 1 aliphatic rings. The molecule has 0 bridgehead atoms. The molecule has 1 aliphatic heterocycles. The van der Waals surface area contributed by atoms with E-state index in [2.05, 4.69) is 0 Å². The van der Waals surface area contributed by atoms with Crippen LogP contribution in [0.4, 0.5) is 0 Å². The molecule has 19 heavy (non-hydrogen) atoms. The number of aliphatic hydroxyl groups is 1. The van der Waals surface area contributed by atoms with Gasteiger partial charge in [0.2, 0.25) is 0 Å². The summed E-state index contributed by atoms with van der Waals surface area (Å²) >= 11 is 0. The van der Waals surface area contributed by atoms with Gasteiger partial charge in [-0.2, -0.15) is 17.0 Å². The third-order valence-corrected chi connectivity index (χ3v) is 5.77. The minimum atomic E-state index is -3.46. The molecule has 1 saturated heterocycles. The molecule has 2 atom stereocenters. The van der Waals surface area contributed by atoms with Crippen LogP contribution in [0, 0.1) is 5.92 Å². The van der Waals surface area contributed by atoms with Crippen LogP contribution in [0.3, 0.4) is 0 Å². The van der Waals surface area contributed by atoms with Crippen molar-refractivity contribution in [3.05, 3.63) is 0 Å².